The Morgan fingerprint density at radius 3 is 2.55 bits per heavy atom. The predicted molar refractivity (Wildman–Crippen MR) is 124 cm³/mol. The molecule has 0 aliphatic heterocycles. The number of carbonyl (C=O) groups is 2. The summed E-state index contributed by atoms with van der Waals surface area (Å²) in [5.74, 6) is -1.03. The maximum atomic E-state index is 12.5. The smallest absolute Gasteiger partial charge is 0.326 e. The number of aromatic amines is 1. The average Bonchev–Trinajstić information content (AvgIpc) is 2.77. The highest BCUT2D eigenvalue weighted by atomic mass is 16.4. The molecule has 0 aliphatic rings. The average molecular weight is 454 g/mol. The lowest BCUT2D eigenvalue weighted by Crippen LogP contribution is -2.40. The summed E-state index contributed by atoms with van der Waals surface area (Å²) in [4.78, 5) is 50.6. The number of benzene rings is 1. The molecule has 1 aromatic carbocycles. The van der Waals surface area contributed by atoms with Crippen LogP contribution >= 0.6 is 0 Å². The molecular weight excluding hydrogens is 426 g/mol. The Morgan fingerprint density at radius 1 is 1.15 bits per heavy atom. The van der Waals surface area contributed by atoms with Gasteiger partial charge in [0.25, 0.3) is 11.5 Å². The lowest BCUT2D eigenvalue weighted by molar-refractivity contribution is -0.139. The van der Waals surface area contributed by atoms with Crippen molar-refractivity contribution in [2.45, 2.75) is 45.7 Å². The number of amides is 1. The predicted octanol–water partition coefficient (Wildman–Crippen LogP) is 1.92. The first-order valence-corrected chi connectivity index (χ1v) is 10.6. The second-order valence-electron chi connectivity index (χ2n) is 8.10. The third-order valence-corrected chi connectivity index (χ3v) is 4.98. The number of nitrogen functional groups attached to an aromatic ring is 1. The Hall–Kier alpha value is -4.02. The van der Waals surface area contributed by atoms with E-state index in [9.17, 15) is 19.5 Å². The third-order valence-electron chi connectivity index (χ3n) is 4.98. The van der Waals surface area contributed by atoms with E-state index in [2.05, 4.69) is 44.4 Å². The second kappa shape index (κ2) is 10.5. The zero-order valence-corrected chi connectivity index (χ0v) is 18.5. The van der Waals surface area contributed by atoms with E-state index < -0.39 is 23.5 Å². The number of anilines is 2. The molecule has 0 aliphatic carbocycles. The van der Waals surface area contributed by atoms with Crippen LogP contribution in [0.2, 0.25) is 0 Å². The van der Waals surface area contributed by atoms with Crippen molar-refractivity contribution in [2.24, 2.45) is 5.92 Å². The van der Waals surface area contributed by atoms with Gasteiger partial charge in [-0.05, 0) is 36.6 Å². The molecule has 1 atom stereocenters. The molecule has 11 nitrogen and oxygen atoms in total. The van der Waals surface area contributed by atoms with Crippen LogP contribution in [-0.4, -0.2) is 43.0 Å². The molecule has 0 saturated carbocycles. The van der Waals surface area contributed by atoms with Gasteiger partial charge >= 0.3 is 5.97 Å². The van der Waals surface area contributed by atoms with E-state index in [1.807, 2.05) is 0 Å². The van der Waals surface area contributed by atoms with Crippen LogP contribution in [0, 0.1) is 5.92 Å². The molecule has 0 radical (unpaired) electrons. The minimum atomic E-state index is -1.04. The summed E-state index contributed by atoms with van der Waals surface area (Å²) >= 11 is 0. The van der Waals surface area contributed by atoms with Gasteiger partial charge in [0.15, 0.2) is 11.2 Å². The number of rotatable bonds is 10. The molecule has 3 rings (SSSR count). The number of nitrogens with one attached hydrogen (secondary N) is 3. The second-order valence-corrected chi connectivity index (χ2v) is 8.10. The Bertz CT molecular complexity index is 1190. The fraction of sp³-hybridized carbons (Fsp3) is 0.364. The SMILES string of the molecule is CC(C)CCCC(NC(=O)c1ccc(NCc2cnc3nc(N)[nH]c(=O)c3n2)cc1)C(=O)O. The van der Waals surface area contributed by atoms with E-state index in [4.69, 9.17) is 5.73 Å². The number of carboxylic acid groups (broad SMARTS) is 1. The number of hydrogen-bond donors (Lipinski definition) is 5. The summed E-state index contributed by atoms with van der Waals surface area (Å²) < 4.78 is 0. The van der Waals surface area contributed by atoms with Gasteiger partial charge in [-0.3, -0.25) is 14.6 Å². The van der Waals surface area contributed by atoms with Crippen molar-refractivity contribution in [3.63, 3.8) is 0 Å². The molecule has 3 aromatic rings. The quantitative estimate of drug-likeness (QED) is 0.307. The molecule has 33 heavy (non-hydrogen) atoms. The first-order chi connectivity index (χ1) is 15.7. The van der Waals surface area contributed by atoms with E-state index in [-0.39, 0.29) is 23.7 Å². The van der Waals surface area contributed by atoms with E-state index in [0.717, 1.165) is 12.8 Å². The van der Waals surface area contributed by atoms with E-state index in [1.165, 1.54) is 6.20 Å². The Morgan fingerprint density at radius 2 is 1.88 bits per heavy atom. The highest BCUT2D eigenvalue weighted by molar-refractivity contribution is 5.96. The van der Waals surface area contributed by atoms with Crippen molar-refractivity contribution >= 4 is 34.7 Å². The molecular formula is C22H27N7O4. The van der Waals surface area contributed by atoms with Gasteiger partial charge in [0.05, 0.1) is 18.4 Å². The van der Waals surface area contributed by atoms with Crippen molar-refractivity contribution < 1.29 is 14.7 Å². The first-order valence-electron chi connectivity index (χ1n) is 10.6. The molecule has 2 heterocycles. The van der Waals surface area contributed by atoms with Crippen LogP contribution < -0.4 is 21.9 Å². The number of H-pyrrole nitrogens is 1. The zero-order chi connectivity index (χ0) is 24.0. The summed E-state index contributed by atoms with van der Waals surface area (Å²) in [5.41, 5.74) is 6.88. The minimum Gasteiger partial charge on any atom is -0.480 e. The lowest BCUT2D eigenvalue weighted by Gasteiger charge is -2.15. The van der Waals surface area contributed by atoms with Crippen LogP contribution in [-0.2, 0) is 11.3 Å². The number of carboxylic acids is 1. The van der Waals surface area contributed by atoms with Crippen molar-refractivity contribution in [3.8, 4) is 0 Å². The van der Waals surface area contributed by atoms with Crippen molar-refractivity contribution in [3.05, 3.63) is 52.1 Å². The summed E-state index contributed by atoms with van der Waals surface area (Å²) in [6.45, 7) is 4.43. The molecule has 2 aromatic heterocycles. The van der Waals surface area contributed by atoms with Crippen molar-refractivity contribution in [1.29, 1.82) is 0 Å². The molecule has 0 fully saturated rings. The number of aromatic nitrogens is 4. The Labute approximate surface area is 189 Å². The number of fused-ring (bicyclic) bond motifs is 1. The molecule has 0 bridgehead atoms. The van der Waals surface area contributed by atoms with Gasteiger partial charge in [0.2, 0.25) is 5.95 Å². The van der Waals surface area contributed by atoms with Gasteiger partial charge in [0.1, 0.15) is 6.04 Å². The van der Waals surface area contributed by atoms with E-state index >= 15 is 0 Å². The summed E-state index contributed by atoms with van der Waals surface area (Å²) in [6.07, 6.45) is 3.51. The number of aliphatic carboxylic acids is 1. The van der Waals surface area contributed by atoms with Crippen LogP contribution in [0.25, 0.3) is 11.2 Å². The zero-order valence-electron chi connectivity index (χ0n) is 18.5. The van der Waals surface area contributed by atoms with Gasteiger partial charge in [-0.25, -0.2) is 14.8 Å². The van der Waals surface area contributed by atoms with Crippen LogP contribution in [0.15, 0.2) is 35.3 Å². The van der Waals surface area contributed by atoms with Crippen molar-refractivity contribution in [2.75, 3.05) is 11.1 Å². The van der Waals surface area contributed by atoms with Gasteiger partial charge in [-0.1, -0.05) is 26.7 Å². The normalized spacial score (nSPS) is 12.0. The molecule has 11 heteroatoms. The van der Waals surface area contributed by atoms with Gasteiger partial charge in [-0.2, -0.15) is 4.98 Å². The Balaban J connectivity index is 1.59. The molecule has 1 amide bonds. The number of carbonyl (C=O) groups excluding carboxylic acids is 1. The van der Waals surface area contributed by atoms with Gasteiger partial charge in [-0.15, -0.1) is 0 Å². The van der Waals surface area contributed by atoms with E-state index in [0.29, 0.717) is 29.3 Å². The molecule has 1 unspecified atom stereocenters. The largest absolute Gasteiger partial charge is 0.480 e. The maximum Gasteiger partial charge on any atom is 0.326 e. The topological polar surface area (TPSA) is 176 Å². The minimum absolute atomic E-state index is 0.0259. The summed E-state index contributed by atoms with van der Waals surface area (Å²) in [5, 5.41) is 15.1. The fourth-order valence-electron chi connectivity index (χ4n) is 3.22. The molecule has 174 valence electrons. The first kappa shape index (κ1) is 23.6. The fourth-order valence-corrected chi connectivity index (χ4v) is 3.22. The van der Waals surface area contributed by atoms with Crippen LogP contribution in [0.4, 0.5) is 11.6 Å². The molecule has 6 N–H and O–H groups in total. The number of hydrogen-bond acceptors (Lipinski definition) is 8. The van der Waals surface area contributed by atoms with Crippen LogP contribution in [0.1, 0.15) is 49.2 Å². The van der Waals surface area contributed by atoms with Gasteiger partial charge < -0.3 is 21.5 Å². The monoisotopic (exact) mass is 453 g/mol. The summed E-state index contributed by atoms with van der Waals surface area (Å²) in [7, 11) is 0. The number of nitrogens with zero attached hydrogens (tertiary/aromatic N) is 3. The standard InChI is InChI=1S/C22H27N7O4/c1-12(2)4-3-5-16(21(32)33)27-19(30)13-6-8-14(9-7-13)24-10-15-11-25-18-17(26-15)20(31)29-22(23)28-18/h6-9,11-12,16,24H,3-5,10H2,1-2H3,(H,27,30)(H,32,33)(H3,23,25,28,29,31). The highest BCUT2D eigenvalue weighted by Gasteiger charge is 2.20. The van der Waals surface area contributed by atoms with E-state index in [1.54, 1.807) is 24.3 Å². The third kappa shape index (κ3) is 6.48. The number of nitrogens with two attached hydrogens (primary N) is 1. The van der Waals surface area contributed by atoms with Crippen LogP contribution in [0.3, 0.4) is 0 Å². The lowest BCUT2D eigenvalue weighted by atomic mass is 10.0. The molecule has 0 saturated heterocycles. The summed E-state index contributed by atoms with van der Waals surface area (Å²) in [6, 6.07) is 5.69. The maximum absolute atomic E-state index is 12.5. The molecule has 0 spiro atoms. The van der Waals surface area contributed by atoms with Gasteiger partial charge in [0, 0.05) is 11.3 Å². The Kier molecular flexibility index (Phi) is 7.54. The van der Waals surface area contributed by atoms with Crippen molar-refractivity contribution in [1.82, 2.24) is 25.3 Å². The highest BCUT2D eigenvalue weighted by Crippen LogP contribution is 2.13. The van der Waals surface area contributed by atoms with Crippen LogP contribution in [0.5, 0.6) is 0 Å².